The molecule has 1 aliphatic heterocycles. The van der Waals surface area contributed by atoms with E-state index in [4.69, 9.17) is 4.65 Å². The summed E-state index contributed by atoms with van der Waals surface area (Å²) in [5.41, 5.74) is 2.28. The fourth-order valence-electron chi connectivity index (χ4n) is 1.94. The Morgan fingerprint density at radius 1 is 1.40 bits per heavy atom. The molecular weight excluding hydrogens is 255 g/mol. The lowest BCUT2D eigenvalue weighted by Crippen LogP contribution is -2.22. The van der Waals surface area contributed by atoms with Crippen molar-refractivity contribution in [1.82, 2.24) is 0 Å². The summed E-state index contributed by atoms with van der Waals surface area (Å²) < 4.78 is 6.54. The van der Waals surface area contributed by atoms with Crippen molar-refractivity contribution in [2.24, 2.45) is 0 Å². The van der Waals surface area contributed by atoms with Gasteiger partial charge in [-0.3, -0.25) is 0 Å². The standard InChI is InChI=1S/C11H10BBrO2/c13-9-5-8-3-4-12(14)15-11(8)10(6-9)7-1-2-7/h3-7,14H,1-2H2. The molecule has 1 aromatic carbocycles. The van der Waals surface area contributed by atoms with Crippen molar-refractivity contribution >= 4 is 29.1 Å². The SMILES string of the molecule is OB1C=Cc2cc(Br)cc(C3CC3)c2O1. The van der Waals surface area contributed by atoms with Crippen LogP contribution in [0.15, 0.2) is 22.6 Å². The highest BCUT2D eigenvalue weighted by Crippen LogP contribution is 2.47. The summed E-state index contributed by atoms with van der Waals surface area (Å²) in [6.07, 6.45) is 4.37. The van der Waals surface area contributed by atoms with Crippen LogP contribution < -0.4 is 4.65 Å². The van der Waals surface area contributed by atoms with E-state index in [2.05, 4.69) is 22.0 Å². The van der Waals surface area contributed by atoms with Gasteiger partial charge in [0.05, 0.1) is 0 Å². The molecule has 76 valence electrons. The van der Waals surface area contributed by atoms with Crippen LogP contribution in [0.3, 0.4) is 0 Å². The van der Waals surface area contributed by atoms with Crippen LogP contribution in [-0.2, 0) is 0 Å². The molecule has 0 aromatic heterocycles. The first kappa shape index (κ1) is 9.49. The van der Waals surface area contributed by atoms with Crippen LogP contribution in [0.25, 0.3) is 6.08 Å². The number of hydrogen-bond acceptors (Lipinski definition) is 2. The summed E-state index contributed by atoms with van der Waals surface area (Å²) in [5, 5.41) is 9.43. The zero-order chi connectivity index (χ0) is 10.4. The number of hydrogen-bond donors (Lipinski definition) is 1. The minimum Gasteiger partial charge on any atom is -0.532 e. The summed E-state index contributed by atoms with van der Waals surface area (Å²) in [6.45, 7) is 0. The van der Waals surface area contributed by atoms with Crippen LogP contribution in [0.1, 0.15) is 29.9 Å². The van der Waals surface area contributed by atoms with Gasteiger partial charge in [0.2, 0.25) is 0 Å². The molecule has 1 saturated carbocycles. The third kappa shape index (κ3) is 1.72. The van der Waals surface area contributed by atoms with Gasteiger partial charge >= 0.3 is 7.12 Å². The van der Waals surface area contributed by atoms with Crippen molar-refractivity contribution in [3.05, 3.63) is 33.7 Å². The Morgan fingerprint density at radius 2 is 2.20 bits per heavy atom. The molecule has 0 amide bonds. The van der Waals surface area contributed by atoms with E-state index in [0.29, 0.717) is 5.92 Å². The van der Waals surface area contributed by atoms with Gasteiger partial charge in [-0.2, -0.15) is 0 Å². The molecule has 0 bridgehead atoms. The number of fused-ring (bicyclic) bond motifs is 1. The predicted octanol–water partition coefficient (Wildman–Crippen LogP) is 2.75. The first-order chi connectivity index (χ1) is 7.24. The average Bonchev–Trinajstić information content (AvgIpc) is 3.01. The molecule has 1 aliphatic carbocycles. The van der Waals surface area contributed by atoms with Crippen LogP contribution in [0, 0.1) is 0 Å². The Morgan fingerprint density at radius 3 is 2.93 bits per heavy atom. The minimum atomic E-state index is -0.795. The lowest BCUT2D eigenvalue weighted by molar-refractivity contribution is 0.425. The van der Waals surface area contributed by atoms with E-state index in [1.165, 1.54) is 18.4 Å². The lowest BCUT2D eigenvalue weighted by Gasteiger charge is -2.19. The lowest BCUT2D eigenvalue weighted by atomic mass is 9.85. The van der Waals surface area contributed by atoms with Crippen molar-refractivity contribution in [3.63, 3.8) is 0 Å². The van der Waals surface area contributed by atoms with Crippen LogP contribution in [0.4, 0.5) is 0 Å². The maximum absolute atomic E-state index is 9.43. The van der Waals surface area contributed by atoms with E-state index in [0.717, 1.165) is 15.8 Å². The van der Waals surface area contributed by atoms with Gasteiger partial charge in [-0.15, -0.1) is 0 Å². The van der Waals surface area contributed by atoms with E-state index < -0.39 is 7.12 Å². The summed E-state index contributed by atoms with van der Waals surface area (Å²) >= 11 is 3.50. The zero-order valence-corrected chi connectivity index (χ0v) is 9.70. The van der Waals surface area contributed by atoms with E-state index in [-0.39, 0.29) is 0 Å². The first-order valence-electron chi connectivity index (χ1n) is 5.10. The maximum Gasteiger partial charge on any atom is 0.552 e. The molecule has 0 saturated heterocycles. The normalized spacial score (nSPS) is 18.7. The largest absolute Gasteiger partial charge is 0.552 e. The van der Waals surface area contributed by atoms with Gasteiger partial charge in [0, 0.05) is 10.0 Å². The van der Waals surface area contributed by atoms with Crippen LogP contribution >= 0.6 is 15.9 Å². The molecular formula is C11H10BBrO2. The highest BCUT2D eigenvalue weighted by molar-refractivity contribution is 9.10. The number of rotatable bonds is 1. The summed E-state index contributed by atoms with van der Waals surface area (Å²) in [5.74, 6) is 3.14. The van der Waals surface area contributed by atoms with Gasteiger partial charge < -0.3 is 9.68 Å². The molecule has 0 radical (unpaired) electrons. The third-order valence-electron chi connectivity index (χ3n) is 2.81. The molecule has 3 rings (SSSR count). The van der Waals surface area contributed by atoms with Crippen molar-refractivity contribution in [1.29, 1.82) is 0 Å². The smallest absolute Gasteiger partial charge is 0.532 e. The van der Waals surface area contributed by atoms with Gasteiger partial charge in [0.25, 0.3) is 0 Å². The fraction of sp³-hybridized carbons (Fsp3) is 0.273. The molecule has 1 aromatic rings. The molecule has 2 nitrogen and oxygen atoms in total. The number of halogens is 1. The molecule has 15 heavy (non-hydrogen) atoms. The van der Waals surface area contributed by atoms with Crippen molar-refractivity contribution in [2.75, 3.05) is 0 Å². The molecule has 1 fully saturated rings. The fourth-order valence-corrected chi connectivity index (χ4v) is 2.43. The van der Waals surface area contributed by atoms with Crippen LogP contribution in [0.2, 0.25) is 0 Å². The molecule has 0 spiro atoms. The van der Waals surface area contributed by atoms with Gasteiger partial charge in [-0.25, -0.2) is 0 Å². The predicted molar refractivity (Wildman–Crippen MR) is 63.8 cm³/mol. The Balaban J connectivity index is 2.14. The van der Waals surface area contributed by atoms with Crippen LogP contribution in [-0.4, -0.2) is 12.1 Å². The molecule has 2 aliphatic rings. The second-order valence-electron chi connectivity index (χ2n) is 4.06. The maximum atomic E-state index is 9.43. The quantitative estimate of drug-likeness (QED) is 0.791. The van der Waals surface area contributed by atoms with E-state index >= 15 is 0 Å². The van der Waals surface area contributed by atoms with E-state index in [1.54, 1.807) is 5.98 Å². The molecule has 1 heterocycles. The summed E-state index contributed by atoms with van der Waals surface area (Å²) in [7, 11) is -0.795. The van der Waals surface area contributed by atoms with Crippen LogP contribution in [0.5, 0.6) is 5.75 Å². The van der Waals surface area contributed by atoms with Gasteiger partial charge in [-0.05, 0) is 42.4 Å². The second kappa shape index (κ2) is 3.39. The zero-order valence-electron chi connectivity index (χ0n) is 8.11. The Labute approximate surface area is 97.2 Å². The molecule has 0 unspecified atom stereocenters. The topological polar surface area (TPSA) is 29.5 Å². The van der Waals surface area contributed by atoms with Crippen molar-refractivity contribution < 1.29 is 9.68 Å². The monoisotopic (exact) mass is 264 g/mol. The van der Waals surface area contributed by atoms with Crippen molar-refractivity contribution in [3.8, 4) is 5.75 Å². The first-order valence-corrected chi connectivity index (χ1v) is 5.90. The van der Waals surface area contributed by atoms with Gasteiger partial charge in [0.15, 0.2) is 0 Å². The van der Waals surface area contributed by atoms with Crippen molar-refractivity contribution in [2.45, 2.75) is 18.8 Å². The average molecular weight is 265 g/mol. The molecule has 0 atom stereocenters. The second-order valence-corrected chi connectivity index (χ2v) is 4.97. The van der Waals surface area contributed by atoms with Gasteiger partial charge in [-0.1, -0.05) is 22.0 Å². The minimum absolute atomic E-state index is 0.620. The summed E-state index contributed by atoms with van der Waals surface area (Å²) in [4.78, 5) is 0. The highest BCUT2D eigenvalue weighted by atomic mass is 79.9. The molecule has 4 heteroatoms. The highest BCUT2D eigenvalue weighted by Gasteiger charge is 2.30. The Kier molecular flexibility index (Phi) is 2.14. The van der Waals surface area contributed by atoms with E-state index in [1.807, 2.05) is 12.1 Å². The Bertz CT molecular complexity index is 440. The summed E-state index contributed by atoms with van der Waals surface area (Å²) in [6, 6.07) is 4.12. The third-order valence-corrected chi connectivity index (χ3v) is 3.27. The van der Waals surface area contributed by atoms with Gasteiger partial charge in [0.1, 0.15) is 5.75 Å². The Hall–Kier alpha value is -0.735. The number of benzene rings is 1. The van der Waals surface area contributed by atoms with E-state index in [9.17, 15) is 5.02 Å². The molecule has 1 N–H and O–H groups in total.